The van der Waals surface area contributed by atoms with Crippen molar-refractivity contribution in [3.63, 3.8) is 0 Å². The summed E-state index contributed by atoms with van der Waals surface area (Å²) in [6.45, 7) is 4.00. The summed E-state index contributed by atoms with van der Waals surface area (Å²) in [7, 11) is 0. The molecule has 4 heteroatoms. The maximum Gasteiger partial charge on any atom is 0.150 e. The SMILES string of the molecule is CC.Fc1cc(Br)cc(F)c1Nc1ccccc1. The molecule has 2 rings (SSSR count). The minimum absolute atomic E-state index is 0.144. The quantitative estimate of drug-likeness (QED) is 0.772. The molecule has 0 saturated heterocycles. The summed E-state index contributed by atoms with van der Waals surface area (Å²) >= 11 is 3.02. The number of halogens is 3. The van der Waals surface area contributed by atoms with Gasteiger partial charge in [-0.1, -0.05) is 48.0 Å². The number of nitrogens with one attached hydrogen (secondary N) is 1. The molecule has 0 saturated carbocycles. The average Bonchev–Trinajstić information content (AvgIpc) is 2.37. The van der Waals surface area contributed by atoms with Gasteiger partial charge in [0.25, 0.3) is 0 Å². The molecule has 1 nitrogen and oxygen atoms in total. The largest absolute Gasteiger partial charge is 0.351 e. The summed E-state index contributed by atoms with van der Waals surface area (Å²) in [5.74, 6) is -1.26. The molecule has 0 aliphatic heterocycles. The van der Waals surface area contributed by atoms with Gasteiger partial charge < -0.3 is 5.32 Å². The minimum atomic E-state index is -0.629. The van der Waals surface area contributed by atoms with E-state index in [0.717, 1.165) is 0 Å². The Hall–Kier alpha value is -1.42. The molecule has 1 N–H and O–H groups in total. The first kappa shape index (κ1) is 14.6. The number of hydrogen-bond donors (Lipinski definition) is 1. The molecule has 0 unspecified atom stereocenters. The van der Waals surface area contributed by atoms with Crippen LogP contribution in [0.4, 0.5) is 20.2 Å². The van der Waals surface area contributed by atoms with Gasteiger partial charge in [-0.25, -0.2) is 8.78 Å². The number of hydrogen-bond acceptors (Lipinski definition) is 1. The van der Waals surface area contributed by atoms with Crippen LogP contribution in [0.2, 0.25) is 0 Å². The van der Waals surface area contributed by atoms with Crippen molar-refractivity contribution in [3.05, 3.63) is 58.6 Å². The van der Waals surface area contributed by atoms with Gasteiger partial charge in [-0.15, -0.1) is 0 Å². The summed E-state index contributed by atoms with van der Waals surface area (Å²) in [6, 6.07) is 11.3. The van der Waals surface area contributed by atoms with Crippen LogP contribution in [-0.2, 0) is 0 Å². The van der Waals surface area contributed by atoms with Gasteiger partial charge in [0.2, 0.25) is 0 Å². The van der Waals surface area contributed by atoms with Crippen LogP contribution in [0, 0.1) is 11.6 Å². The molecule has 0 spiro atoms. The lowest BCUT2D eigenvalue weighted by atomic mass is 10.2. The molecule has 0 atom stereocenters. The van der Waals surface area contributed by atoms with Crippen LogP contribution in [0.1, 0.15) is 13.8 Å². The van der Waals surface area contributed by atoms with E-state index in [1.165, 1.54) is 12.1 Å². The van der Waals surface area contributed by atoms with Crippen LogP contribution < -0.4 is 5.32 Å². The highest BCUT2D eigenvalue weighted by molar-refractivity contribution is 9.10. The van der Waals surface area contributed by atoms with Crippen molar-refractivity contribution >= 4 is 27.3 Å². The molecule has 0 bridgehead atoms. The number of benzene rings is 2. The summed E-state index contributed by atoms with van der Waals surface area (Å²) in [5, 5.41) is 2.70. The van der Waals surface area contributed by atoms with Gasteiger partial charge in [0.15, 0.2) is 11.6 Å². The molecule has 96 valence electrons. The van der Waals surface area contributed by atoms with E-state index in [9.17, 15) is 8.78 Å². The van der Waals surface area contributed by atoms with E-state index in [4.69, 9.17) is 0 Å². The molecular formula is C14H14BrF2N. The highest BCUT2D eigenvalue weighted by Gasteiger charge is 2.10. The number of anilines is 2. The van der Waals surface area contributed by atoms with Crippen molar-refractivity contribution in [3.8, 4) is 0 Å². The molecule has 0 aliphatic carbocycles. The Bertz CT molecular complexity index is 477. The van der Waals surface area contributed by atoms with Gasteiger partial charge in [-0.2, -0.15) is 0 Å². The maximum atomic E-state index is 13.5. The van der Waals surface area contributed by atoms with Crippen LogP contribution in [0.3, 0.4) is 0 Å². The standard InChI is InChI=1S/C12H8BrF2N.C2H6/c13-8-6-10(14)12(11(15)7-8)16-9-4-2-1-3-5-9;1-2/h1-7,16H;1-2H3. The first-order valence-electron chi connectivity index (χ1n) is 5.63. The first-order chi connectivity index (χ1) is 8.66. The van der Waals surface area contributed by atoms with Crippen molar-refractivity contribution in [2.45, 2.75) is 13.8 Å². The lowest BCUT2D eigenvalue weighted by Gasteiger charge is -2.08. The zero-order valence-electron chi connectivity index (χ0n) is 10.2. The monoisotopic (exact) mass is 313 g/mol. The van der Waals surface area contributed by atoms with E-state index >= 15 is 0 Å². The van der Waals surface area contributed by atoms with Gasteiger partial charge in [0.05, 0.1) is 0 Å². The minimum Gasteiger partial charge on any atom is -0.351 e. The molecule has 0 heterocycles. The van der Waals surface area contributed by atoms with E-state index in [0.29, 0.717) is 10.2 Å². The van der Waals surface area contributed by atoms with E-state index in [-0.39, 0.29) is 5.69 Å². The Morgan fingerprint density at radius 1 is 0.944 bits per heavy atom. The third kappa shape index (κ3) is 3.81. The molecule has 0 fully saturated rings. The van der Waals surface area contributed by atoms with Crippen LogP contribution in [0.15, 0.2) is 46.9 Å². The predicted octanol–water partition coefficient (Wildman–Crippen LogP) is 5.50. The van der Waals surface area contributed by atoms with Crippen molar-refractivity contribution in [1.82, 2.24) is 0 Å². The average molecular weight is 314 g/mol. The fourth-order valence-electron chi connectivity index (χ4n) is 1.33. The lowest BCUT2D eigenvalue weighted by Crippen LogP contribution is -1.97. The molecule has 0 amide bonds. The van der Waals surface area contributed by atoms with Crippen molar-refractivity contribution in [2.75, 3.05) is 5.32 Å². The van der Waals surface area contributed by atoms with Gasteiger partial charge >= 0.3 is 0 Å². The lowest BCUT2D eigenvalue weighted by molar-refractivity contribution is 0.589. The van der Waals surface area contributed by atoms with E-state index in [2.05, 4.69) is 21.2 Å². The smallest absolute Gasteiger partial charge is 0.150 e. The molecule has 2 aromatic carbocycles. The third-order valence-corrected chi connectivity index (χ3v) is 2.51. The van der Waals surface area contributed by atoms with E-state index in [1.54, 1.807) is 24.3 Å². The molecule has 2 aromatic rings. The molecule has 0 radical (unpaired) electrons. The fourth-order valence-corrected chi connectivity index (χ4v) is 1.73. The fraction of sp³-hybridized carbons (Fsp3) is 0.143. The number of rotatable bonds is 2. The highest BCUT2D eigenvalue weighted by Crippen LogP contribution is 2.26. The second-order valence-corrected chi connectivity index (χ2v) is 4.15. The Kier molecular flexibility index (Phi) is 5.78. The van der Waals surface area contributed by atoms with Gasteiger partial charge in [-0.3, -0.25) is 0 Å². The van der Waals surface area contributed by atoms with E-state index in [1.807, 2.05) is 19.9 Å². The summed E-state index contributed by atoms with van der Waals surface area (Å²) in [5.41, 5.74) is 0.497. The topological polar surface area (TPSA) is 12.0 Å². The molecule has 18 heavy (non-hydrogen) atoms. The summed E-state index contributed by atoms with van der Waals surface area (Å²) < 4.78 is 27.3. The maximum absolute atomic E-state index is 13.5. The van der Waals surface area contributed by atoms with E-state index < -0.39 is 11.6 Å². The van der Waals surface area contributed by atoms with Gasteiger partial charge in [0.1, 0.15) is 5.69 Å². The van der Waals surface area contributed by atoms with Crippen LogP contribution in [-0.4, -0.2) is 0 Å². The highest BCUT2D eigenvalue weighted by atomic mass is 79.9. The zero-order valence-corrected chi connectivity index (χ0v) is 11.8. The summed E-state index contributed by atoms with van der Waals surface area (Å²) in [4.78, 5) is 0. The second kappa shape index (κ2) is 7.11. The van der Waals surface area contributed by atoms with Crippen LogP contribution in [0.25, 0.3) is 0 Å². The summed E-state index contributed by atoms with van der Waals surface area (Å²) in [6.07, 6.45) is 0. The molecule has 0 aliphatic rings. The van der Waals surface area contributed by atoms with Crippen LogP contribution in [0.5, 0.6) is 0 Å². The third-order valence-electron chi connectivity index (χ3n) is 2.05. The zero-order chi connectivity index (χ0) is 13.5. The first-order valence-corrected chi connectivity index (χ1v) is 6.43. The Morgan fingerprint density at radius 2 is 1.44 bits per heavy atom. The Morgan fingerprint density at radius 3 is 1.94 bits per heavy atom. The molecule has 0 aromatic heterocycles. The van der Waals surface area contributed by atoms with Crippen molar-refractivity contribution in [2.24, 2.45) is 0 Å². The normalized spacial score (nSPS) is 9.39. The van der Waals surface area contributed by atoms with Crippen molar-refractivity contribution in [1.29, 1.82) is 0 Å². The number of para-hydroxylation sites is 1. The van der Waals surface area contributed by atoms with Gasteiger partial charge in [0, 0.05) is 10.2 Å². The van der Waals surface area contributed by atoms with Crippen molar-refractivity contribution < 1.29 is 8.78 Å². The molecular weight excluding hydrogens is 300 g/mol. The predicted molar refractivity (Wildman–Crippen MR) is 75.1 cm³/mol. The van der Waals surface area contributed by atoms with Crippen LogP contribution >= 0.6 is 15.9 Å². The Labute approximate surface area is 114 Å². The second-order valence-electron chi connectivity index (χ2n) is 3.24. The Balaban J connectivity index is 0.000000771. The van der Waals surface area contributed by atoms with Gasteiger partial charge in [-0.05, 0) is 24.3 Å².